The van der Waals surface area contributed by atoms with Gasteiger partial charge in [0.05, 0.1) is 26.7 Å². The second kappa shape index (κ2) is 10.8. The van der Waals surface area contributed by atoms with Gasteiger partial charge in [-0.25, -0.2) is 4.79 Å². The van der Waals surface area contributed by atoms with E-state index in [2.05, 4.69) is 44.4 Å². The third kappa shape index (κ3) is 5.23. The number of nitrogens with zero attached hydrogens (tertiary/aromatic N) is 1. The van der Waals surface area contributed by atoms with Crippen LogP contribution in [0.15, 0.2) is 91.0 Å². The smallest absolute Gasteiger partial charge is 0.347 e. The Bertz CT molecular complexity index is 1120. The first-order chi connectivity index (χ1) is 17.9. The van der Waals surface area contributed by atoms with Crippen molar-refractivity contribution >= 4 is 5.97 Å². The number of hydrogen-bond acceptors (Lipinski definition) is 3. The van der Waals surface area contributed by atoms with Crippen molar-refractivity contribution in [3.05, 3.63) is 108 Å². The molecule has 2 aliphatic rings. The van der Waals surface area contributed by atoms with Gasteiger partial charge in [0.15, 0.2) is 0 Å². The Kier molecular flexibility index (Phi) is 7.50. The number of hydrogen-bond donors (Lipinski definition) is 1. The van der Waals surface area contributed by atoms with Gasteiger partial charge in [-0.3, -0.25) is 0 Å². The van der Waals surface area contributed by atoms with E-state index in [9.17, 15) is 9.90 Å². The number of carbonyl (C=O) groups excluding carboxylic acids is 1. The quantitative estimate of drug-likeness (QED) is 0.221. The number of ether oxygens (including phenoxy) is 1. The normalized spacial score (nSPS) is 23.2. The van der Waals surface area contributed by atoms with Gasteiger partial charge in [0.25, 0.3) is 0 Å². The minimum atomic E-state index is -1.82. The van der Waals surface area contributed by atoms with Crippen LogP contribution in [-0.2, 0) is 21.6 Å². The standard InChI is InChI=1S/C33H40NO3/c1-34(2,23-13-12-16-25-14-6-3-7-15-25)31-26-21-22-29(31)30(24-26)37-32(35)33(36,27-17-8-4-9-18-27)28-19-10-5-11-20-28/h3-11,14-15,17-20,26,29-31,36H,12-13,16,21-24H2,1-2H3/q+1. The Morgan fingerprint density at radius 2 is 1.43 bits per heavy atom. The fourth-order valence-electron chi connectivity index (χ4n) is 7.08. The zero-order chi connectivity index (χ0) is 25.9. The molecule has 0 spiro atoms. The average Bonchev–Trinajstić information content (AvgIpc) is 3.51. The molecular weight excluding hydrogens is 458 g/mol. The van der Waals surface area contributed by atoms with Gasteiger partial charge in [-0.2, -0.15) is 0 Å². The van der Waals surface area contributed by atoms with Gasteiger partial charge in [0.2, 0.25) is 5.60 Å². The summed E-state index contributed by atoms with van der Waals surface area (Å²) in [7, 11) is 4.71. The molecule has 3 aromatic carbocycles. The van der Waals surface area contributed by atoms with Crippen LogP contribution >= 0.6 is 0 Å². The maximum absolute atomic E-state index is 13.7. The van der Waals surface area contributed by atoms with Crippen LogP contribution in [0.25, 0.3) is 0 Å². The number of carbonyl (C=O) groups is 1. The number of fused-ring (bicyclic) bond motifs is 2. The van der Waals surface area contributed by atoms with Gasteiger partial charge in [-0.15, -0.1) is 0 Å². The molecule has 4 heteroatoms. The van der Waals surface area contributed by atoms with Crippen molar-refractivity contribution in [1.29, 1.82) is 0 Å². The Labute approximate surface area is 221 Å². The molecule has 37 heavy (non-hydrogen) atoms. The molecule has 0 amide bonds. The summed E-state index contributed by atoms with van der Waals surface area (Å²) >= 11 is 0. The number of benzene rings is 3. The molecule has 2 bridgehead atoms. The summed E-state index contributed by atoms with van der Waals surface area (Å²) in [5, 5.41) is 11.8. The van der Waals surface area contributed by atoms with E-state index in [1.165, 1.54) is 24.8 Å². The number of aryl methyl sites for hydroxylation is 1. The van der Waals surface area contributed by atoms with Crippen LogP contribution < -0.4 is 0 Å². The zero-order valence-corrected chi connectivity index (χ0v) is 22.1. The van der Waals surface area contributed by atoms with E-state index in [0.29, 0.717) is 29.0 Å². The maximum atomic E-state index is 13.7. The molecule has 0 heterocycles. The lowest BCUT2D eigenvalue weighted by molar-refractivity contribution is -0.919. The van der Waals surface area contributed by atoms with Crippen molar-refractivity contribution < 1.29 is 19.1 Å². The highest BCUT2D eigenvalue weighted by atomic mass is 16.6. The third-order valence-corrected chi connectivity index (χ3v) is 8.84. The molecule has 4 atom stereocenters. The van der Waals surface area contributed by atoms with Gasteiger partial charge in [0.1, 0.15) is 6.10 Å². The summed E-state index contributed by atoms with van der Waals surface area (Å²) in [6.07, 6.45) is 6.54. The topological polar surface area (TPSA) is 46.5 Å². The summed E-state index contributed by atoms with van der Waals surface area (Å²) in [6.45, 7) is 1.13. The molecule has 2 aliphatic carbocycles. The van der Waals surface area contributed by atoms with Crippen molar-refractivity contribution in [1.82, 2.24) is 0 Å². The molecule has 0 aromatic heterocycles. The van der Waals surface area contributed by atoms with E-state index >= 15 is 0 Å². The molecule has 2 saturated carbocycles. The molecule has 2 fully saturated rings. The first kappa shape index (κ1) is 25.7. The molecule has 4 unspecified atom stereocenters. The highest BCUT2D eigenvalue weighted by Crippen LogP contribution is 2.50. The number of quaternary nitrogens is 1. The van der Waals surface area contributed by atoms with E-state index < -0.39 is 11.6 Å². The highest BCUT2D eigenvalue weighted by molar-refractivity contribution is 5.85. The Balaban J connectivity index is 1.26. The molecule has 3 aromatic rings. The van der Waals surface area contributed by atoms with Crippen molar-refractivity contribution in [3.63, 3.8) is 0 Å². The second-order valence-corrected chi connectivity index (χ2v) is 11.6. The van der Waals surface area contributed by atoms with Crippen molar-refractivity contribution in [3.8, 4) is 0 Å². The van der Waals surface area contributed by atoms with Gasteiger partial charge >= 0.3 is 5.97 Å². The van der Waals surface area contributed by atoms with Crippen molar-refractivity contribution in [2.45, 2.75) is 56.3 Å². The van der Waals surface area contributed by atoms with Crippen LogP contribution in [0.4, 0.5) is 0 Å². The SMILES string of the molecule is C[N+](C)(CCCCc1ccccc1)C1C2CCC1C(OC(=O)C(O)(c1ccccc1)c1ccccc1)C2. The lowest BCUT2D eigenvalue weighted by Gasteiger charge is -2.39. The zero-order valence-electron chi connectivity index (χ0n) is 22.1. The van der Waals surface area contributed by atoms with Crippen molar-refractivity contribution in [2.24, 2.45) is 11.8 Å². The fraction of sp³-hybridized carbons (Fsp3) is 0.424. The number of rotatable bonds is 10. The lowest BCUT2D eigenvalue weighted by Crippen LogP contribution is -2.52. The molecule has 0 aliphatic heterocycles. The summed E-state index contributed by atoms with van der Waals surface area (Å²) < 4.78 is 7.20. The first-order valence-electron chi connectivity index (χ1n) is 13.8. The highest BCUT2D eigenvalue weighted by Gasteiger charge is 2.57. The average molecular weight is 499 g/mol. The van der Waals surface area contributed by atoms with E-state index in [4.69, 9.17) is 4.74 Å². The van der Waals surface area contributed by atoms with E-state index in [1.54, 1.807) is 24.3 Å². The number of unbranched alkanes of at least 4 members (excludes halogenated alkanes) is 1. The number of aliphatic hydroxyl groups is 1. The molecule has 1 N–H and O–H groups in total. The monoisotopic (exact) mass is 498 g/mol. The fourth-order valence-corrected chi connectivity index (χ4v) is 7.08. The number of esters is 1. The largest absolute Gasteiger partial charge is 0.459 e. The van der Waals surface area contributed by atoms with E-state index in [0.717, 1.165) is 30.3 Å². The molecule has 4 nitrogen and oxygen atoms in total. The van der Waals surface area contributed by atoms with E-state index in [-0.39, 0.29) is 6.10 Å². The first-order valence-corrected chi connectivity index (χ1v) is 13.8. The molecular formula is C33H40NO3+. The van der Waals surface area contributed by atoms with Gasteiger partial charge < -0.3 is 14.3 Å². The third-order valence-electron chi connectivity index (χ3n) is 8.84. The van der Waals surface area contributed by atoms with Crippen LogP contribution in [-0.4, -0.2) is 48.3 Å². The van der Waals surface area contributed by atoms with Crippen LogP contribution in [0, 0.1) is 11.8 Å². The molecule has 0 saturated heterocycles. The predicted molar refractivity (Wildman–Crippen MR) is 147 cm³/mol. The summed E-state index contributed by atoms with van der Waals surface area (Å²) in [5.74, 6) is 0.344. The van der Waals surface area contributed by atoms with Crippen LogP contribution in [0.1, 0.15) is 48.8 Å². The molecule has 5 rings (SSSR count). The summed E-state index contributed by atoms with van der Waals surface area (Å²) in [5.41, 5.74) is 0.674. The predicted octanol–water partition coefficient (Wildman–Crippen LogP) is 5.73. The van der Waals surface area contributed by atoms with E-state index in [1.807, 2.05) is 36.4 Å². The van der Waals surface area contributed by atoms with Crippen LogP contribution in [0.5, 0.6) is 0 Å². The maximum Gasteiger partial charge on any atom is 0.347 e. The minimum Gasteiger partial charge on any atom is -0.459 e. The van der Waals surface area contributed by atoms with Gasteiger partial charge in [-0.1, -0.05) is 91.0 Å². The van der Waals surface area contributed by atoms with Crippen LogP contribution in [0.2, 0.25) is 0 Å². The summed E-state index contributed by atoms with van der Waals surface area (Å²) in [6, 6.07) is 29.6. The lowest BCUT2D eigenvalue weighted by atomic mass is 9.86. The minimum absolute atomic E-state index is 0.142. The molecule has 194 valence electrons. The van der Waals surface area contributed by atoms with Crippen LogP contribution in [0.3, 0.4) is 0 Å². The Morgan fingerprint density at radius 1 is 0.865 bits per heavy atom. The van der Waals surface area contributed by atoms with Gasteiger partial charge in [-0.05, 0) is 55.2 Å². The second-order valence-electron chi connectivity index (χ2n) is 11.6. The van der Waals surface area contributed by atoms with Crippen molar-refractivity contribution in [2.75, 3.05) is 20.6 Å². The molecule has 0 radical (unpaired) electrons. The Morgan fingerprint density at radius 3 is 2.03 bits per heavy atom. The summed E-state index contributed by atoms with van der Waals surface area (Å²) in [4.78, 5) is 13.7. The van der Waals surface area contributed by atoms with Gasteiger partial charge in [0, 0.05) is 11.8 Å². The Hall–Kier alpha value is -2.95.